The van der Waals surface area contributed by atoms with Gasteiger partial charge >= 0.3 is 6.03 Å². The van der Waals surface area contributed by atoms with E-state index in [-0.39, 0.29) is 6.03 Å². The SMILES string of the molecule is CC(C)c1ccc(N(C(=O)N(C)C)c2cnccn2)cc1. The van der Waals surface area contributed by atoms with E-state index in [1.807, 2.05) is 24.3 Å². The molecule has 0 aliphatic rings. The molecule has 21 heavy (non-hydrogen) atoms. The molecule has 0 saturated carbocycles. The summed E-state index contributed by atoms with van der Waals surface area (Å²) in [5.74, 6) is 0.960. The van der Waals surface area contributed by atoms with Gasteiger partial charge in [0.25, 0.3) is 0 Å². The van der Waals surface area contributed by atoms with E-state index in [4.69, 9.17) is 0 Å². The summed E-state index contributed by atoms with van der Waals surface area (Å²) in [6.07, 6.45) is 4.75. The fourth-order valence-corrected chi connectivity index (χ4v) is 1.96. The van der Waals surface area contributed by atoms with Crippen molar-refractivity contribution < 1.29 is 4.79 Å². The Bertz CT molecular complexity index is 593. The molecule has 0 radical (unpaired) electrons. The number of hydrogen-bond donors (Lipinski definition) is 0. The highest BCUT2D eigenvalue weighted by molar-refractivity contribution is 5.98. The molecule has 0 bridgehead atoms. The molecule has 0 saturated heterocycles. The number of amides is 2. The number of rotatable bonds is 3. The van der Waals surface area contributed by atoms with Gasteiger partial charge in [-0.2, -0.15) is 0 Å². The van der Waals surface area contributed by atoms with Gasteiger partial charge in [0.2, 0.25) is 0 Å². The molecular formula is C16H20N4O. The molecule has 5 nitrogen and oxygen atoms in total. The Morgan fingerprint density at radius 2 is 1.76 bits per heavy atom. The summed E-state index contributed by atoms with van der Waals surface area (Å²) in [6, 6.07) is 7.78. The Balaban J connectivity index is 2.42. The normalized spacial score (nSPS) is 10.5. The number of benzene rings is 1. The summed E-state index contributed by atoms with van der Waals surface area (Å²) in [7, 11) is 3.43. The molecule has 110 valence electrons. The quantitative estimate of drug-likeness (QED) is 0.867. The highest BCUT2D eigenvalue weighted by Gasteiger charge is 2.21. The Hall–Kier alpha value is -2.43. The third-order valence-electron chi connectivity index (χ3n) is 3.17. The molecule has 0 spiro atoms. The molecule has 5 heteroatoms. The van der Waals surface area contributed by atoms with Gasteiger partial charge in [0.15, 0.2) is 5.82 Å². The fraction of sp³-hybridized carbons (Fsp3) is 0.312. The monoisotopic (exact) mass is 284 g/mol. The Morgan fingerprint density at radius 1 is 1.10 bits per heavy atom. The van der Waals surface area contributed by atoms with E-state index in [9.17, 15) is 4.79 Å². The molecule has 1 aromatic carbocycles. The van der Waals surface area contributed by atoms with Crippen molar-refractivity contribution in [1.82, 2.24) is 14.9 Å². The van der Waals surface area contributed by atoms with Gasteiger partial charge < -0.3 is 4.90 Å². The van der Waals surface area contributed by atoms with Gasteiger partial charge in [-0.1, -0.05) is 26.0 Å². The lowest BCUT2D eigenvalue weighted by atomic mass is 10.0. The van der Waals surface area contributed by atoms with Crippen molar-refractivity contribution in [3.05, 3.63) is 48.4 Å². The number of aromatic nitrogens is 2. The van der Waals surface area contributed by atoms with E-state index in [1.165, 1.54) is 10.5 Å². The number of nitrogens with zero attached hydrogens (tertiary/aromatic N) is 4. The lowest BCUT2D eigenvalue weighted by Gasteiger charge is -2.25. The highest BCUT2D eigenvalue weighted by Crippen LogP contribution is 2.26. The van der Waals surface area contributed by atoms with Crippen molar-refractivity contribution in [3.63, 3.8) is 0 Å². The Labute approximate surface area is 125 Å². The first-order valence-electron chi connectivity index (χ1n) is 6.88. The standard InChI is InChI=1S/C16H20N4O/c1-12(2)13-5-7-14(8-6-13)20(16(21)19(3)4)15-11-17-9-10-18-15/h5-12H,1-4H3. The maximum Gasteiger partial charge on any atom is 0.329 e. The van der Waals surface area contributed by atoms with Gasteiger partial charge in [0, 0.05) is 26.5 Å². The Morgan fingerprint density at radius 3 is 2.24 bits per heavy atom. The number of carbonyl (C=O) groups excluding carboxylic acids is 1. The second kappa shape index (κ2) is 6.35. The molecule has 0 aliphatic heterocycles. The van der Waals surface area contributed by atoms with E-state index in [1.54, 1.807) is 37.6 Å². The average Bonchev–Trinajstić information content (AvgIpc) is 2.49. The molecular weight excluding hydrogens is 264 g/mol. The van der Waals surface area contributed by atoms with Crippen LogP contribution in [0, 0.1) is 0 Å². The number of hydrogen-bond acceptors (Lipinski definition) is 3. The third-order valence-corrected chi connectivity index (χ3v) is 3.17. The van der Waals surface area contributed by atoms with Gasteiger partial charge in [-0.25, -0.2) is 14.7 Å². The van der Waals surface area contributed by atoms with E-state index in [0.717, 1.165) is 5.69 Å². The van der Waals surface area contributed by atoms with Crippen LogP contribution >= 0.6 is 0 Å². The van der Waals surface area contributed by atoms with Crippen molar-refractivity contribution >= 4 is 17.5 Å². The number of anilines is 2. The van der Waals surface area contributed by atoms with E-state index < -0.39 is 0 Å². The minimum absolute atomic E-state index is 0.159. The minimum atomic E-state index is -0.159. The maximum atomic E-state index is 12.4. The van der Waals surface area contributed by atoms with E-state index in [0.29, 0.717) is 11.7 Å². The van der Waals surface area contributed by atoms with Crippen LogP contribution in [0.1, 0.15) is 25.3 Å². The molecule has 2 amide bonds. The molecule has 1 heterocycles. The Kier molecular flexibility index (Phi) is 4.52. The van der Waals surface area contributed by atoms with Crippen LogP contribution in [0.25, 0.3) is 0 Å². The zero-order valence-corrected chi connectivity index (χ0v) is 12.8. The van der Waals surface area contributed by atoms with Crippen LogP contribution in [0.3, 0.4) is 0 Å². The van der Waals surface area contributed by atoms with Crippen molar-refractivity contribution in [3.8, 4) is 0 Å². The lowest BCUT2D eigenvalue weighted by Crippen LogP contribution is -2.36. The summed E-state index contributed by atoms with van der Waals surface area (Å²) in [6.45, 7) is 4.28. The lowest BCUT2D eigenvalue weighted by molar-refractivity contribution is 0.226. The summed E-state index contributed by atoms with van der Waals surface area (Å²) < 4.78 is 0. The van der Waals surface area contributed by atoms with Gasteiger partial charge in [-0.15, -0.1) is 0 Å². The first-order chi connectivity index (χ1) is 10.0. The predicted molar refractivity (Wildman–Crippen MR) is 83.8 cm³/mol. The second-order valence-electron chi connectivity index (χ2n) is 5.32. The van der Waals surface area contributed by atoms with Crippen molar-refractivity contribution in [2.45, 2.75) is 19.8 Å². The molecule has 2 aromatic rings. The van der Waals surface area contributed by atoms with Crippen LogP contribution in [-0.2, 0) is 0 Å². The average molecular weight is 284 g/mol. The second-order valence-corrected chi connectivity index (χ2v) is 5.32. The van der Waals surface area contributed by atoms with Gasteiger partial charge in [-0.05, 0) is 23.6 Å². The smallest absolute Gasteiger partial charge is 0.329 e. The summed E-state index contributed by atoms with van der Waals surface area (Å²) in [5.41, 5.74) is 2.01. The zero-order valence-electron chi connectivity index (χ0n) is 12.8. The molecule has 0 atom stereocenters. The van der Waals surface area contributed by atoms with Gasteiger partial charge in [0.05, 0.1) is 11.9 Å². The zero-order chi connectivity index (χ0) is 15.4. The molecule has 0 N–H and O–H groups in total. The summed E-state index contributed by atoms with van der Waals surface area (Å²) >= 11 is 0. The van der Waals surface area contributed by atoms with Crippen molar-refractivity contribution in [2.75, 3.05) is 19.0 Å². The van der Waals surface area contributed by atoms with Crippen molar-refractivity contribution in [2.24, 2.45) is 0 Å². The fourth-order valence-electron chi connectivity index (χ4n) is 1.96. The van der Waals surface area contributed by atoms with Crippen LogP contribution in [-0.4, -0.2) is 35.0 Å². The van der Waals surface area contributed by atoms with E-state index >= 15 is 0 Å². The van der Waals surface area contributed by atoms with Crippen molar-refractivity contribution in [1.29, 1.82) is 0 Å². The first-order valence-corrected chi connectivity index (χ1v) is 6.88. The number of urea groups is 1. The predicted octanol–water partition coefficient (Wildman–Crippen LogP) is 3.42. The van der Waals surface area contributed by atoms with Crippen LogP contribution in [0.2, 0.25) is 0 Å². The van der Waals surface area contributed by atoms with E-state index in [2.05, 4.69) is 23.8 Å². The molecule has 2 rings (SSSR count). The molecule has 1 aromatic heterocycles. The van der Waals surface area contributed by atoms with Crippen LogP contribution in [0.15, 0.2) is 42.9 Å². The van der Waals surface area contributed by atoms with Crippen LogP contribution in [0.5, 0.6) is 0 Å². The topological polar surface area (TPSA) is 49.3 Å². The first kappa shape index (κ1) is 15.0. The van der Waals surface area contributed by atoms with Crippen LogP contribution in [0.4, 0.5) is 16.3 Å². The molecule has 0 unspecified atom stereocenters. The molecule has 0 aliphatic carbocycles. The summed E-state index contributed by atoms with van der Waals surface area (Å²) in [5, 5.41) is 0. The third kappa shape index (κ3) is 3.37. The minimum Gasteiger partial charge on any atom is -0.330 e. The van der Waals surface area contributed by atoms with Gasteiger partial charge in [-0.3, -0.25) is 4.98 Å². The largest absolute Gasteiger partial charge is 0.330 e. The van der Waals surface area contributed by atoms with Crippen LogP contribution < -0.4 is 4.90 Å². The maximum absolute atomic E-state index is 12.4. The number of carbonyl (C=O) groups is 1. The summed E-state index contributed by atoms with van der Waals surface area (Å²) in [4.78, 5) is 23.8. The molecule has 0 fully saturated rings. The van der Waals surface area contributed by atoms with Gasteiger partial charge in [0.1, 0.15) is 0 Å². The highest BCUT2D eigenvalue weighted by atomic mass is 16.2.